The van der Waals surface area contributed by atoms with Crippen LogP contribution in [0.25, 0.3) is 0 Å². The molecule has 0 aliphatic heterocycles. The van der Waals surface area contributed by atoms with Crippen LogP contribution >= 0.6 is 0 Å². The highest BCUT2D eigenvalue weighted by Gasteiger charge is 2.32. The first kappa shape index (κ1) is 10.6. The van der Waals surface area contributed by atoms with Crippen LogP contribution in [0.2, 0.25) is 0 Å². The molecule has 0 saturated heterocycles. The second-order valence-corrected chi connectivity index (χ2v) is 4.12. The zero-order valence-electron chi connectivity index (χ0n) is 8.93. The molecule has 0 spiro atoms. The lowest BCUT2D eigenvalue weighted by Gasteiger charge is -2.26. The third kappa shape index (κ3) is 1.91. The van der Waals surface area contributed by atoms with Crippen molar-refractivity contribution in [3.63, 3.8) is 0 Å². The number of likely N-dealkylation sites (N-methyl/N-ethyl adjacent to an activating group) is 1. The predicted molar refractivity (Wildman–Crippen MR) is 58.6 cm³/mol. The van der Waals surface area contributed by atoms with E-state index in [-0.39, 0.29) is 12.6 Å². The van der Waals surface area contributed by atoms with Crippen molar-refractivity contribution in [3.8, 4) is 0 Å². The fourth-order valence-electron chi connectivity index (χ4n) is 2.27. The Balaban J connectivity index is 2.16. The highest BCUT2D eigenvalue weighted by atomic mass is 16.3. The summed E-state index contributed by atoms with van der Waals surface area (Å²) in [6.45, 7) is 0.742. The van der Waals surface area contributed by atoms with Gasteiger partial charge in [0.15, 0.2) is 0 Å². The van der Waals surface area contributed by atoms with Gasteiger partial charge in [-0.15, -0.1) is 0 Å². The van der Waals surface area contributed by atoms with Gasteiger partial charge in [0, 0.05) is 12.6 Å². The van der Waals surface area contributed by atoms with E-state index in [1.807, 2.05) is 30.1 Å². The number of aliphatic hydroxyl groups is 2. The van der Waals surface area contributed by atoms with Gasteiger partial charge in [-0.3, -0.25) is 4.90 Å². The molecule has 1 aromatic rings. The van der Waals surface area contributed by atoms with E-state index in [0.717, 1.165) is 12.0 Å². The van der Waals surface area contributed by atoms with Crippen LogP contribution in [-0.2, 0) is 6.42 Å². The van der Waals surface area contributed by atoms with Gasteiger partial charge in [-0.1, -0.05) is 24.3 Å². The average Bonchev–Trinajstić information content (AvgIpc) is 2.57. The molecule has 0 bridgehead atoms. The Hall–Kier alpha value is -0.900. The third-order valence-corrected chi connectivity index (χ3v) is 3.19. The van der Waals surface area contributed by atoms with Crippen LogP contribution in [0.3, 0.4) is 0 Å². The summed E-state index contributed by atoms with van der Waals surface area (Å²) in [7, 11) is 1.94. The van der Waals surface area contributed by atoms with E-state index in [0.29, 0.717) is 6.54 Å². The number of nitrogens with zero attached hydrogens (tertiary/aromatic N) is 1. The van der Waals surface area contributed by atoms with Crippen LogP contribution in [0.1, 0.15) is 17.2 Å². The van der Waals surface area contributed by atoms with Crippen LogP contribution in [0, 0.1) is 0 Å². The topological polar surface area (TPSA) is 43.7 Å². The minimum Gasteiger partial charge on any atom is -0.395 e. The highest BCUT2D eigenvalue weighted by Crippen LogP contribution is 2.33. The molecule has 82 valence electrons. The Morgan fingerprint density at radius 1 is 1.40 bits per heavy atom. The van der Waals surface area contributed by atoms with Crippen molar-refractivity contribution in [2.75, 3.05) is 20.2 Å². The summed E-state index contributed by atoms with van der Waals surface area (Å²) in [5.74, 6) is 0. The Bertz CT molecular complexity index is 340. The number of fused-ring (bicyclic) bond motifs is 1. The molecule has 0 saturated carbocycles. The fourth-order valence-corrected chi connectivity index (χ4v) is 2.27. The van der Waals surface area contributed by atoms with Gasteiger partial charge in [0.2, 0.25) is 0 Å². The Labute approximate surface area is 90.0 Å². The van der Waals surface area contributed by atoms with Crippen molar-refractivity contribution in [2.45, 2.75) is 18.6 Å². The van der Waals surface area contributed by atoms with E-state index in [1.165, 1.54) is 5.56 Å². The number of aliphatic hydroxyl groups excluding tert-OH is 2. The molecule has 15 heavy (non-hydrogen) atoms. The Morgan fingerprint density at radius 3 is 2.80 bits per heavy atom. The summed E-state index contributed by atoms with van der Waals surface area (Å²) in [4.78, 5) is 2.02. The van der Waals surface area contributed by atoms with E-state index in [1.54, 1.807) is 0 Å². The lowest BCUT2D eigenvalue weighted by Crippen LogP contribution is -2.36. The minimum atomic E-state index is -0.419. The van der Waals surface area contributed by atoms with Crippen LogP contribution in [0.5, 0.6) is 0 Å². The number of hydrogen-bond donors (Lipinski definition) is 2. The molecule has 1 aliphatic rings. The Morgan fingerprint density at radius 2 is 2.13 bits per heavy atom. The van der Waals surface area contributed by atoms with E-state index in [9.17, 15) is 5.11 Å². The van der Waals surface area contributed by atoms with E-state index >= 15 is 0 Å². The van der Waals surface area contributed by atoms with Gasteiger partial charge in [0.05, 0.1) is 12.7 Å². The van der Waals surface area contributed by atoms with E-state index in [4.69, 9.17) is 5.11 Å². The standard InChI is InChI=1S/C12H17NO2/c1-13(6-7-14)11-8-9-4-2-3-5-10(9)12(11)15/h2-5,11-12,14-15H,6-8H2,1H3. The molecule has 1 aromatic carbocycles. The van der Waals surface area contributed by atoms with Crippen molar-refractivity contribution >= 4 is 0 Å². The summed E-state index contributed by atoms with van der Waals surface area (Å²) < 4.78 is 0. The molecular weight excluding hydrogens is 190 g/mol. The molecule has 0 fully saturated rings. The quantitative estimate of drug-likeness (QED) is 0.761. The van der Waals surface area contributed by atoms with Gasteiger partial charge in [0.1, 0.15) is 0 Å². The largest absolute Gasteiger partial charge is 0.395 e. The van der Waals surface area contributed by atoms with Gasteiger partial charge in [-0.25, -0.2) is 0 Å². The molecule has 0 radical (unpaired) electrons. The molecule has 2 unspecified atom stereocenters. The van der Waals surface area contributed by atoms with Crippen LogP contribution in [0.15, 0.2) is 24.3 Å². The van der Waals surface area contributed by atoms with Gasteiger partial charge in [-0.05, 0) is 24.6 Å². The smallest absolute Gasteiger partial charge is 0.0950 e. The normalized spacial score (nSPS) is 24.5. The van der Waals surface area contributed by atoms with Gasteiger partial charge < -0.3 is 10.2 Å². The van der Waals surface area contributed by atoms with Gasteiger partial charge in [0.25, 0.3) is 0 Å². The van der Waals surface area contributed by atoms with Crippen molar-refractivity contribution in [1.82, 2.24) is 4.90 Å². The molecule has 2 atom stereocenters. The summed E-state index contributed by atoms with van der Waals surface area (Å²) >= 11 is 0. The zero-order valence-corrected chi connectivity index (χ0v) is 8.93. The van der Waals surface area contributed by atoms with E-state index in [2.05, 4.69) is 6.07 Å². The molecule has 3 heteroatoms. The molecule has 0 aromatic heterocycles. The Kier molecular flexibility index (Phi) is 3.05. The van der Waals surface area contributed by atoms with Gasteiger partial charge in [-0.2, -0.15) is 0 Å². The van der Waals surface area contributed by atoms with Crippen molar-refractivity contribution in [3.05, 3.63) is 35.4 Å². The molecule has 0 heterocycles. The summed E-state index contributed by atoms with van der Waals surface area (Å²) in [5, 5.41) is 19.0. The molecule has 1 aliphatic carbocycles. The second kappa shape index (κ2) is 4.31. The first-order valence-corrected chi connectivity index (χ1v) is 5.31. The summed E-state index contributed by atoms with van der Waals surface area (Å²) in [6, 6.07) is 8.10. The SMILES string of the molecule is CN(CCO)C1Cc2ccccc2C1O. The van der Waals surface area contributed by atoms with Crippen molar-refractivity contribution in [2.24, 2.45) is 0 Å². The van der Waals surface area contributed by atoms with Crippen LogP contribution in [-0.4, -0.2) is 41.4 Å². The summed E-state index contributed by atoms with van der Waals surface area (Å²) in [5.41, 5.74) is 2.26. The molecular formula is C12H17NO2. The maximum Gasteiger partial charge on any atom is 0.0950 e. The number of benzene rings is 1. The van der Waals surface area contributed by atoms with Crippen LogP contribution < -0.4 is 0 Å². The highest BCUT2D eigenvalue weighted by molar-refractivity contribution is 5.35. The summed E-state index contributed by atoms with van der Waals surface area (Å²) in [6.07, 6.45) is 0.450. The lowest BCUT2D eigenvalue weighted by molar-refractivity contribution is 0.0661. The number of hydrogen-bond acceptors (Lipinski definition) is 3. The molecule has 2 N–H and O–H groups in total. The van der Waals surface area contributed by atoms with Gasteiger partial charge >= 0.3 is 0 Å². The number of rotatable bonds is 3. The first-order chi connectivity index (χ1) is 7.24. The van der Waals surface area contributed by atoms with Crippen LogP contribution in [0.4, 0.5) is 0 Å². The molecule has 3 nitrogen and oxygen atoms in total. The predicted octanol–water partition coefficient (Wildman–Crippen LogP) is 0.569. The maximum absolute atomic E-state index is 10.1. The molecule has 0 amide bonds. The average molecular weight is 207 g/mol. The lowest BCUT2D eigenvalue weighted by atomic mass is 10.1. The monoisotopic (exact) mass is 207 g/mol. The zero-order chi connectivity index (χ0) is 10.8. The molecule has 2 rings (SSSR count). The maximum atomic E-state index is 10.1. The first-order valence-electron chi connectivity index (χ1n) is 5.31. The minimum absolute atomic E-state index is 0.106. The second-order valence-electron chi connectivity index (χ2n) is 4.12. The van der Waals surface area contributed by atoms with Crippen molar-refractivity contribution < 1.29 is 10.2 Å². The third-order valence-electron chi connectivity index (χ3n) is 3.19. The van der Waals surface area contributed by atoms with Crippen molar-refractivity contribution in [1.29, 1.82) is 0 Å². The van der Waals surface area contributed by atoms with E-state index < -0.39 is 6.10 Å². The fraction of sp³-hybridized carbons (Fsp3) is 0.500.